The molecule has 0 saturated carbocycles. The molecule has 0 saturated heterocycles. The second kappa shape index (κ2) is 10.8. The predicted octanol–water partition coefficient (Wildman–Crippen LogP) is 4.89. The van der Waals surface area contributed by atoms with Crippen molar-refractivity contribution in [3.05, 3.63) is 47.8 Å². The van der Waals surface area contributed by atoms with Gasteiger partial charge in [-0.15, -0.1) is 12.4 Å². The van der Waals surface area contributed by atoms with Gasteiger partial charge in [0.1, 0.15) is 38.9 Å². The van der Waals surface area contributed by atoms with Crippen molar-refractivity contribution in [2.24, 2.45) is 0 Å². The molecule has 10 heteroatoms. The molecule has 3 aromatic rings. The largest absolute Gasteiger partial charge is 0.496 e. The number of aromatic nitrogens is 2. The maximum Gasteiger partial charge on any atom is 0.133 e. The van der Waals surface area contributed by atoms with Crippen LogP contribution < -0.4 is 19.5 Å². The topological polar surface area (TPSA) is 89.3 Å². The Labute approximate surface area is 183 Å². The van der Waals surface area contributed by atoms with Crippen LogP contribution in [-0.2, 0) is 5.75 Å². The molecule has 0 amide bonds. The van der Waals surface area contributed by atoms with Gasteiger partial charge in [0.2, 0.25) is 0 Å². The highest BCUT2D eigenvalue weighted by atomic mass is 35.5. The molecule has 0 radical (unpaired) electrons. The fourth-order valence-corrected chi connectivity index (χ4v) is 4.39. The van der Waals surface area contributed by atoms with Crippen LogP contribution in [0.3, 0.4) is 0 Å². The van der Waals surface area contributed by atoms with Crippen molar-refractivity contribution in [1.82, 2.24) is 9.36 Å². The maximum atomic E-state index is 9.61. The number of rotatable bonds is 8. The first-order valence-corrected chi connectivity index (χ1v) is 9.94. The number of thioether (sulfide) groups is 1. The lowest BCUT2D eigenvalue weighted by atomic mass is 10.2. The van der Waals surface area contributed by atoms with Gasteiger partial charge >= 0.3 is 0 Å². The first kappa shape index (κ1) is 22.6. The summed E-state index contributed by atoms with van der Waals surface area (Å²) in [6.45, 7) is 0. The average molecular weight is 451 g/mol. The zero-order valence-electron chi connectivity index (χ0n) is 16.0. The third-order valence-corrected chi connectivity index (χ3v) is 5.74. The van der Waals surface area contributed by atoms with Crippen LogP contribution in [0.2, 0.25) is 0 Å². The molecule has 0 bridgehead atoms. The second-order valence-electron chi connectivity index (χ2n) is 5.47. The summed E-state index contributed by atoms with van der Waals surface area (Å²) in [5.41, 5.74) is 2.18. The highest BCUT2D eigenvalue weighted by Gasteiger charge is 2.18. The Morgan fingerprint density at radius 1 is 1.17 bits per heavy atom. The van der Waals surface area contributed by atoms with Gasteiger partial charge in [0.15, 0.2) is 0 Å². The first-order chi connectivity index (χ1) is 13.7. The Kier molecular flexibility index (Phi) is 8.39. The molecule has 2 heterocycles. The summed E-state index contributed by atoms with van der Waals surface area (Å²) < 4.78 is 20.7. The van der Waals surface area contributed by atoms with E-state index in [4.69, 9.17) is 14.2 Å². The van der Waals surface area contributed by atoms with Crippen molar-refractivity contribution in [2.75, 3.05) is 26.6 Å². The van der Waals surface area contributed by atoms with E-state index in [1.54, 1.807) is 45.9 Å². The van der Waals surface area contributed by atoms with Gasteiger partial charge in [-0.25, -0.2) is 0 Å². The highest BCUT2D eigenvalue weighted by Crippen LogP contribution is 2.40. The van der Waals surface area contributed by atoms with Crippen LogP contribution in [-0.4, -0.2) is 30.7 Å². The molecule has 0 atom stereocenters. The van der Waals surface area contributed by atoms with E-state index in [1.807, 2.05) is 12.1 Å². The van der Waals surface area contributed by atoms with Gasteiger partial charge in [0, 0.05) is 29.6 Å². The average Bonchev–Trinajstić information content (AvgIpc) is 3.13. The number of methoxy groups -OCH3 is 3. The molecule has 0 fully saturated rings. The monoisotopic (exact) mass is 450 g/mol. The van der Waals surface area contributed by atoms with E-state index in [0.29, 0.717) is 38.6 Å². The third kappa shape index (κ3) is 5.23. The standard InChI is InChI=1S/C19H18N4O3S2.ClH/c1-24-13-7-16(25-2)15(17(8-13)26-3)11-27-19-14(9-20)18(28-23-19)22-12-5-4-6-21-10-12;/h4-8,10,22H,11H2,1-3H3;1H. The predicted molar refractivity (Wildman–Crippen MR) is 117 cm³/mol. The van der Waals surface area contributed by atoms with Gasteiger partial charge in [-0.2, -0.15) is 9.64 Å². The van der Waals surface area contributed by atoms with E-state index >= 15 is 0 Å². The SMILES string of the molecule is COc1cc(OC)c(CSc2nsc(Nc3cccnc3)c2C#N)c(OC)c1.Cl. The molecule has 0 aliphatic rings. The van der Waals surface area contributed by atoms with Crippen molar-refractivity contribution >= 4 is 46.4 Å². The first-order valence-electron chi connectivity index (χ1n) is 8.18. The van der Waals surface area contributed by atoms with E-state index < -0.39 is 0 Å². The molecule has 3 rings (SSSR count). The molecule has 29 heavy (non-hydrogen) atoms. The molecule has 152 valence electrons. The molecule has 0 aliphatic carbocycles. The Morgan fingerprint density at radius 2 is 1.90 bits per heavy atom. The molecule has 0 unspecified atom stereocenters. The Balaban J connectivity index is 0.00000300. The van der Waals surface area contributed by atoms with Crippen molar-refractivity contribution < 1.29 is 14.2 Å². The van der Waals surface area contributed by atoms with Crippen LogP contribution in [0, 0.1) is 11.3 Å². The number of ether oxygens (including phenoxy) is 3. The number of hydrogen-bond donors (Lipinski definition) is 1. The van der Waals surface area contributed by atoms with Crippen molar-refractivity contribution in [3.8, 4) is 23.3 Å². The lowest BCUT2D eigenvalue weighted by Gasteiger charge is -2.14. The Morgan fingerprint density at radius 3 is 2.45 bits per heavy atom. The van der Waals surface area contributed by atoms with Gasteiger partial charge < -0.3 is 19.5 Å². The van der Waals surface area contributed by atoms with Gasteiger partial charge in [0.05, 0.1) is 33.2 Å². The van der Waals surface area contributed by atoms with Crippen LogP contribution in [0.15, 0.2) is 41.7 Å². The fourth-order valence-electron chi connectivity index (χ4n) is 2.49. The molecule has 0 aliphatic heterocycles. The summed E-state index contributed by atoms with van der Waals surface area (Å²) in [7, 11) is 4.79. The Hall–Kier alpha value is -2.67. The fraction of sp³-hybridized carbons (Fsp3) is 0.211. The van der Waals surface area contributed by atoms with E-state index in [0.717, 1.165) is 11.3 Å². The third-order valence-electron chi connectivity index (χ3n) is 3.86. The van der Waals surface area contributed by atoms with Crippen LogP contribution >= 0.6 is 35.7 Å². The molecule has 1 N–H and O–H groups in total. The van der Waals surface area contributed by atoms with Crippen molar-refractivity contribution in [1.29, 1.82) is 5.26 Å². The number of halogens is 1. The minimum Gasteiger partial charge on any atom is -0.496 e. The lowest BCUT2D eigenvalue weighted by Crippen LogP contribution is -1.97. The zero-order valence-corrected chi connectivity index (χ0v) is 18.4. The number of benzene rings is 1. The van der Waals surface area contributed by atoms with E-state index in [1.165, 1.54) is 23.3 Å². The van der Waals surface area contributed by atoms with E-state index in [2.05, 4.69) is 20.7 Å². The molecule has 7 nitrogen and oxygen atoms in total. The summed E-state index contributed by atoms with van der Waals surface area (Å²) in [5.74, 6) is 2.50. The molecular formula is C19H19ClN4O3S2. The summed E-state index contributed by atoms with van der Waals surface area (Å²) in [5, 5.41) is 14.1. The van der Waals surface area contributed by atoms with Crippen LogP contribution in [0.4, 0.5) is 10.7 Å². The minimum absolute atomic E-state index is 0. The van der Waals surface area contributed by atoms with Gasteiger partial charge in [-0.1, -0.05) is 11.8 Å². The van der Waals surface area contributed by atoms with E-state index in [-0.39, 0.29) is 12.4 Å². The summed E-state index contributed by atoms with van der Waals surface area (Å²) in [6, 6.07) is 9.56. The maximum absolute atomic E-state index is 9.61. The van der Waals surface area contributed by atoms with E-state index in [9.17, 15) is 5.26 Å². The summed E-state index contributed by atoms with van der Waals surface area (Å²) in [4.78, 5) is 4.07. The number of hydrogen-bond acceptors (Lipinski definition) is 9. The highest BCUT2D eigenvalue weighted by molar-refractivity contribution is 7.98. The summed E-state index contributed by atoms with van der Waals surface area (Å²) in [6.07, 6.45) is 3.39. The number of nitriles is 1. The molecule has 1 aromatic carbocycles. The van der Waals surface area contributed by atoms with Gasteiger partial charge in [-0.3, -0.25) is 4.98 Å². The van der Waals surface area contributed by atoms with Crippen molar-refractivity contribution in [3.63, 3.8) is 0 Å². The van der Waals surface area contributed by atoms with Gasteiger partial charge in [-0.05, 0) is 23.7 Å². The minimum atomic E-state index is 0. The normalized spacial score (nSPS) is 9.86. The number of nitrogens with zero attached hydrogens (tertiary/aromatic N) is 3. The molecule has 0 spiro atoms. The molecule has 2 aromatic heterocycles. The van der Waals surface area contributed by atoms with Crippen molar-refractivity contribution in [2.45, 2.75) is 10.8 Å². The molecular weight excluding hydrogens is 432 g/mol. The Bertz CT molecular complexity index is 968. The lowest BCUT2D eigenvalue weighted by molar-refractivity contribution is 0.371. The zero-order chi connectivity index (χ0) is 19.9. The van der Waals surface area contributed by atoms with Crippen LogP contribution in [0.5, 0.6) is 17.2 Å². The summed E-state index contributed by atoms with van der Waals surface area (Å²) >= 11 is 2.69. The number of nitrogens with one attached hydrogen (secondary N) is 1. The van der Waals surface area contributed by atoms with Crippen LogP contribution in [0.1, 0.15) is 11.1 Å². The number of anilines is 2. The van der Waals surface area contributed by atoms with Gasteiger partial charge in [0.25, 0.3) is 0 Å². The quantitative estimate of drug-likeness (QED) is 0.485. The number of pyridine rings is 1. The second-order valence-corrected chi connectivity index (χ2v) is 7.21. The van der Waals surface area contributed by atoms with Crippen LogP contribution in [0.25, 0.3) is 0 Å². The smallest absolute Gasteiger partial charge is 0.133 e.